The van der Waals surface area contributed by atoms with Gasteiger partial charge in [0.05, 0.1) is 6.61 Å². The van der Waals surface area contributed by atoms with E-state index >= 15 is 0 Å². The van der Waals surface area contributed by atoms with Crippen LogP contribution in [0.3, 0.4) is 0 Å². The molecule has 18 heavy (non-hydrogen) atoms. The Balaban J connectivity index is 3.49. The van der Waals surface area contributed by atoms with E-state index < -0.39 is 24.0 Å². The molecule has 0 saturated heterocycles. The van der Waals surface area contributed by atoms with Crippen LogP contribution < -0.4 is 11.5 Å². The molecule has 0 amide bonds. The number of hydrogen-bond donors (Lipinski definition) is 3. The lowest BCUT2D eigenvalue weighted by Crippen LogP contribution is -2.32. The minimum Gasteiger partial charge on any atom is -0.480 e. The molecule has 5 N–H and O–H groups in total. The van der Waals surface area contributed by atoms with Gasteiger partial charge in [0.25, 0.3) is 0 Å². The smallest absolute Gasteiger partial charge is 0.323 e. The number of carbonyl (C=O) groups excluding carboxylic acids is 1. The number of rotatable bonds is 9. The predicted octanol–water partition coefficient (Wildman–Crippen LogP) is -0.147. The van der Waals surface area contributed by atoms with E-state index in [1.54, 1.807) is 0 Å². The summed E-state index contributed by atoms with van der Waals surface area (Å²) >= 11 is 0. The quantitative estimate of drug-likeness (QED) is 0.300. The zero-order chi connectivity index (χ0) is 14.0. The Kier molecular flexibility index (Phi) is 8.62. The van der Waals surface area contributed by atoms with Crippen LogP contribution in [0.5, 0.6) is 0 Å². The Morgan fingerprint density at radius 2 is 1.89 bits per heavy atom. The zero-order valence-corrected chi connectivity index (χ0v) is 10.3. The monoisotopic (exact) mass is 256 g/mol. The minimum atomic E-state index is -0.998. The third-order valence-corrected chi connectivity index (χ3v) is 2.36. The van der Waals surface area contributed by atoms with Crippen molar-refractivity contribution < 1.29 is 19.4 Å². The van der Waals surface area contributed by atoms with Crippen molar-refractivity contribution in [3.8, 4) is 12.3 Å². The van der Waals surface area contributed by atoms with Crippen molar-refractivity contribution in [2.45, 2.75) is 44.2 Å². The normalized spacial score (nSPS) is 13.4. The van der Waals surface area contributed by atoms with Gasteiger partial charge in [0.1, 0.15) is 12.1 Å². The van der Waals surface area contributed by atoms with E-state index in [4.69, 9.17) is 27.7 Å². The molecule has 2 unspecified atom stereocenters. The van der Waals surface area contributed by atoms with Gasteiger partial charge in [-0.05, 0) is 19.3 Å². The molecule has 6 heteroatoms. The van der Waals surface area contributed by atoms with Gasteiger partial charge in [0.2, 0.25) is 0 Å². The molecule has 0 radical (unpaired) electrons. The number of carbonyl (C=O) groups is 2. The highest BCUT2D eigenvalue weighted by atomic mass is 16.5. The largest absolute Gasteiger partial charge is 0.480 e. The number of aliphatic carboxylic acids is 1. The van der Waals surface area contributed by atoms with E-state index in [0.717, 1.165) is 6.42 Å². The second-order valence-electron chi connectivity index (χ2n) is 3.98. The van der Waals surface area contributed by atoms with Gasteiger partial charge >= 0.3 is 11.9 Å². The summed E-state index contributed by atoms with van der Waals surface area (Å²) in [6, 6.07) is -1.59. The summed E-state index contributed by atoms with van der Waals surface area (Å²) in [5.41, 5.74) is 10.8. The highest BCUT2D eigenvalue weighted by Crippen LogP contribution is 2.03. The van der Waals surface area contributed by atoms with Crippen molar-refractivity contribution in [1.29, 1.82) is 0 Å². The van der Waals surface area contributed by atoms with Gasteiger partial charge in [-0.25, -0.2) is 0 Å². The van der Waals surface area contributed by atoms with Gasteiger partial charge < -0.3 is 21.3 Å². The Labute approximate surface area is 107 Å². The van der Waals surface area contributed by atoms with Crippen LogP contribution in [0, 0.1) is 12.3 Å². The molecule has 102 valence electrons. The number of carboxylic acid groups (broad SMARTS) is 1. The molecule has 0 aromatic rings. The van der Waals surface area contributed by atoms with Gasteiger partial charge in [-0.3, -0.25) is 9.59 Å². The molecule has 6 nitrogen and oxygen atoms in total. The first kappa shape index (κ1) is 16.4. The van der Waals surface area contributed by atoms with Crippen molar-refractivity contribution >= 4 is 11.9 Å². The Bertz CT molecular complexity index is 312. The number of esters is 1. The van der Waals surface area contributed by atoms with Crippen molar-refractivity contribution in [3.63, 3.8) is 0 Å². The lowest BCUT2D eigenvalue weighted by molar-refractivity contribution is -0.145. The van der Waals surface area contributed by atoms with E-state index in [-0.39, 0.29) is 13.0 Å². The number of ether oxygens (including phenoxy) is 1. The first-order valence-corrected chi connectivity index (χ1v) is 5.83. The van der Waals surface area contributed by atoms with Crippen LogP contribution in [0.25, 0.3) is 0 Å². The Morgan fingerprint density at radius 3 is 2.44 bits per heavy atom. The molecule has 0 aromatic heterocycles. The Hall–Kier alpha value is -1.58. The summed E-state index contributed by atoms with van der Waals surface area (Å²) in [4.78, 5) is 21.6. The molecule has 0 aliphatic heterocycles. The van der Waals surface area contributed by atoms with Crippen LogP contribution in [0.1, 0.15) is 32.1 Å². The fourth-order valence-corrected chi connectivity index (χ4v) is 1.26. The van der Waals surface area contributed by atoms with Crippen molar-refractivity contribution in [2.24, 2.45) is 11.5 Å². The molecule has 0 bridgehead atoms. The van der Waals surface area contributed by atoms with Gasteiger partial charge in [-0.2, -0.15) is 0 Å². The van der Waals surface area contributed by atoms with Crippen LogP contribution in [0.2, 0.25) is 0 Å². The molecule has 0 saturated carbocycles. The standard InChI is InChI=1S/C12H20N2O4/c1-2-6-10(14)12(17)18-8-5-3-4-7-9(13)11(15)16/h1,9-10H,3-8,13-14H2,(H,15,16). The van der Waals surface area contributed by atoms with Crippen molar-refractivity contribution in [1.82, 2.24) is 0 Å². The van der Waals surface area contributed by atoms with E-state index in [0.29, 0.717) is 19.3 Å². The fraction of sp³-hybridized carbons (Fsp3) is 0.667. The predicted molar refractivity (Wildman–Crippen MR) is 66.5 cm³/mol. The minimum absolute atomic E-state index is 0.159. The van der Waals surface area contributed by atoms with E-state index in [2.05, 4.69) is 5.92 Å². The van der Waals surface area contributed by atoms with Crippen molar-refractivity contribution in [2.75, 3.05) is 6.61 Å². The molecule has 0 fully saturated rings. The van der Waals surface area contributed by atoms with E-state index in [9.17, 15) is 9.59 Å². The van der Waals surface area contributed by atoms with Crippen LogP contribution >= 0.6 is 0 Å². The van der Waals surface area contributed by atoms with Crippen LogP contribution in [-0.4, -0.2) is 35.7 Å². The number of carboxylic acids is 1. The van der Waals surface area contributed by atoms with Gasteiger partial charge in [-0.15, -0.1) is 12.3 Å². The summed E-state index contributed by atoms with van der Waals surface area (Å²) in [6.45, 7) is 0.263. The zero-order valence-electron chi connectivity index (χ0n) is 10.3. The third kappa shape index (κ3) is 7.65. The highest BCUT2D eigenvalue weighted by Gasteiger charge is 2.13. The maximum Gasteiger partial charge on any atom is 0.323 e. The van der Waals surface area contributed by atoms with E-state index in [1.807, 2.05) is 0 Å². The molecule has 2 atom stereocenters. The second-order valence-corrected chi connectivity index (χ2v) is 3.98. The first-order valence-electron chi connectivity index (χ1n) is 5.83. The lowest BCUT2D eigenvalue weighted by Gasteiger charge is -2.09. The summed E-state index contributed by atoms with van der Waals surface area (Å²) in [5, 5.41) is 8.54. The maximum absolute atomic E-state index is 11.2. The summed E-state index contributed by atoms with van der Waals surface area (Å²) in [7, 11) is 0. The molecular weight excluding hydrogens is 236 g/mol. The van der Waals surface area contributed by atoms with Crippen LogP contribution in [0.15, 0.2) is 0 Å². The third-order valence-electron chi connectivity index (χ3n) is 2.36. The molecule has 0 rings (SSSR count). The first-order chi connectivity index (χ1) is 8.49. The molecule has 0 aromatic carbocycles. The topological polar surface area (TPSA) is 116 Å². The highest BCUT2D eigenvalue weighted by molar-refractivity contribution is 5.75. The summed E-state index contributed by atoms with van der Waals surface area (Å²) in [5.74, 6) is 0.784. The van der Waals surface area contributed by atoms with Crippen LogP contribution in [-0.2, 0) is 14.3 Å². The second kappa shape index (κ2) is 9.45. The lowest BCUT2D eigenvalue weighted by atomic mass is 10.1. The van der Waals surface area contributed by atoms with Crippen molar-refractivity contribution in [3.05, 3.63) is 0 Å². The number of terminal acetylenes is 1. The molecule has 0 heterocycles. The van der Waals surface area contributed by atoms with Gasteiger partial charge in [-0.1, -0.05) is 6.42 Å². The fourth-order valence-electron chi connectivity index (χ4n) is 1.26. The average Bonchev–Trinajstić information content (AvgIpc) is 2.32. The van der Waals surface area contributed by atoms with Crippen LogP contribution in [0.4, 0.5) is 0 Å². The number of unbranched alkanes of at least 4 members (excludes halogenated alkanes) is 2. The molecule has 0 aliphatic carbocycles. The molecule has 0 aliphatic rings. The van der Waals surface area contributed by atoms with Gasteiger partial charge in [0.15, 0.2) is 0 Å². The average molecular weight is 256 g/mol. The Morgan fingerprint density at radius 1 is 1.22 bits per heavy atom. The molecule has 0 spiro atoms. The number of nitrogens with two attached hydrogens (primary N) is 2. The summed E-state index contributed by atoms with van der Waals surface area (Å²) in [6.07, 6.45) is 7.68. The molecular formula is C12H20N2O4. The SMILES string of the molecule is C#CCC(N)C(=O)OCCCCCC(N)C(=O)O. The van der Waals surface area contributed by atoms with Gasteiger partial charge in [0, 0.05) is 6.42 Å². The van der Waals surface area contributed by atoms with E-state index in [1.165, 1.54) is 0 Å². The number of hydrogen-bond acceptors (Lipinski definition) is 5. The summed E-state index contributed by atoms with van der Waals surface area (Å²) < 4.78 is 4.90. The maximum atomic E-state index is 11.2.